The number of likely N-dealkylation sites (tertiary alicyclic amines) is 1. The minimum absolute atomic E-state index is 0.159. The Balaban J connectivity index is 1.64. The summed E-state index contributed by atoms with van der Waals surface area (Å²) >= 11 is 0. The summed E-state index contributed by atoms with van der Waals surface area (Å²) in [7, 11) is 3.19. The van der Waals surface area contributed by atoms with E-state index in [2.05, 4.69) is 37.5 Å². The monoisotopic (exact) mass is 474 g/mol. The third kappa shape index (κ3) is 4.77. The van der Waals surface area contributed by atoms with Crippen LogP contribution in [0.1, 0.15) is 48.7 Å². The first-order valence-electron chi connectivity index (χ1n) is 12.0. The molecule has 182 valence electrons. The van der Waals surface area contributed by atoms with Gasteiger partial charge in [-0.3, -0.25) is 9.69 Å². The van der Waals surface area contributed by atoms with Crippen molar-refractivity contribution in [3.63, 3.8) is 0 Å². The molecule has 9 nitrogen and oxygen atoms in total. The molecule has 2 aromatic carbocycles. The van der Waals surface area contributed by atoms with E-state index in [9.17, 15) is 4.79 Å². The summed E-state index contributed by atoms with van der Waals surface area (Å²) in [5.41, 5.74) is 2.25. The molecule has 4 aromatic rings. The number of aromatic amines is 1. The molecule has 2 aromatic heterocycles. The fourth-order valence-electron chi connectivity index (χ4n) is 4.88. The SMILES string of the molecule is COc1cc2cc(C(c3nnnn3Cc3ccccc3)N3CCCCCC3)c(=O)[nH]c2cc1OC. The van der Waals surface area contributed by atoms with E-state index in [4.69, 9.17) is 9.47 Å². The van der Waals surface area contributed by atoms with Crippen molar-refractivity contribution in [1.29, 1.82) is 0 Å². The number of aromatic nitrogens is 5. The normalized spacial score (nSPS) is 15.6. The lowest BCUT2D eigenvalue weighted by Crippen LogP contribution is -2.36. The van der Waals surface area contributed by atoms with Gasteiger partial charge in [0.15, 0.2) is 17.3 Å². The fraction of sp³-hybridized carbons (Fsp3) is 0.385. The molecule has 1 unspecified atom stereocenters. The number of nitrogens with one attached hydrogen (secondary N) is 1. The van der Waals surface area contributed by atoms with Crippen molar-refractivity contribution < 1.29 is 9.47 Å². The molecular weight excluding hydrogens is 444 g/mol. The fourth-order valence-corrected chi connectivity index (χ4v) is 4.88. The molecule has 1 saturated heterocycles. The van der Waals surface area contributed by atoms with E-state index >= 15 is 0 Å². The van der Waals surface area contributed by atoms with Crippen molar-refractivity contribution in [3.05, 3.63) is 75.8 Å². The maximum absolute atomic E-state index is 13.5. The molecule has 35 heavy (non-hydrogen) atoms. The second kappa shape index (κ2) is 10.3. The predicted octanol–water partition coefficient (Wildman–Crippen LogP) is 3.55. The van der Waals surface area contributed by atoms with Gasteiger partial charge in [-0.2, -0.15) is 0 Å². The van der Waals surface area contributed by atoms with Gasteiger partial charge in [-0.15, -0.1) is 5.10 Å². The summed E-state index contributed by atoms with van der Waals surface area (Å²) < 4.78 is 12.7. The third-order valence-electron chi connectivity index (χ3n) is 6.66. The molecule has 0 radical (unpaired) electrons. The first kappa shape index (κ1) is 23.0. The zero-order chi connectivity index (χ0) is 24.2. The molecule has 1 aliphatic heterocycles. The summed E-state index contributed by atoms with van der Waals surface area (Å²) in [4.78, 5) is 18.9. The van der Waals surface area contributed by atoms with Crippen molar-refractivity contribution in [2.75, 3.05) is 27.3 Å². The number of benzene rings is 2. The highest BCUT2D eigenvalue weighted by Gasteiger charge is 2.31. The highest BCUT2D eigenvalue weighted by atomic mass is 16.5. The van der Waals surface area contributed by atoms with Crippen molar-refractivity contribution in [3.8, 4) is 11.5 Å². The van der Waals surface area contributed by atoms with Crippen LogP contribution in [-0.2, 0) is 6.54 Å². The number of tetrazole rings is 1. The van der Waals surface area contributed by atoms with E-state index in [1.807, 2.05) is 35.0 Å². The van der Waals surface area contributed by atoms with Gasteiger partial charge in [-0.25, -0.2) is 4.68 Å². The van der Waals surface area contributed by atoms with E-state index < -0.39 is 0 Å². The Labute approximate surface area is 203 Å². The maximum atomic E-state index is 13.5. The van der Waals surface area contributed by atoms with Gasteiger partial charge in [0.1, 0.15) is 6.04 Å². The largest absolute Gasteiger partial charge is 0.493 e. The topological polar surface area (TPSA) is 98.2 Å². The molecule has 0 amide bonds. The summed E-state index contributed by atoms with van der Waals surface area (Å²) in [6, 6.07) is 15.3. The number of rotatable bonds is 7. The van der Waals surface area contributed by atoms with Crippen LogP contribution in [-0.4, -0.2) is 57.4 Å². The van der Waals surface area contributed by atoms with Gasteiger partial charge in [0.2, 0.25) is 0 Å². The zero-order valence-electron chi connectivity index (χ0n) is 20.1. The Morgan fingerprint density at radius 2 is 1.69 bits per heavy atom. The Bertz CT molecular complexity index is 1340. The van der Waals surface area contributed by atoms with Crippen molar-refractivity contribution in [2.45, 2.75) is 38.3 Å². The number of nitrogens with zero attached hydrogens (tertiary/aromatic N) is 5. The van der Waals surface area contributed by atoms with E-state index in [1.165, 1.54) is 12.8 Å². The third-order valence-corrected chi connectivity index (χ3v) is 6.66. The van der Waals surface area contributed by atoms with Crippen LogP contribution >= 0.6 is 0 Å². The van der Waals surface area contributed by atoms with Crippen molar-refractivity contribution >= 4 is 10.9 Å². The highest BCUT2D eigenvalue weighted by Crippen LogP contribution is 2.34. The second-order valence-corrected chi connectivity index (χ2v) is 8.88. The molecule has 9 heteroatoms. The molecule has 1 fully saturated rings. The Kier molecular flexibility index (Phi) is 6.76. The molecule has 0 bridgehead atoms. The first-order chi connectivity index (χ1) is 17.2. The highest BCUT2D eigenvalue weighted by molar-refractivity contribution is 5.83. The molecule has 1 aliphatic rings. The van der Waals surface area contributed by atoms with Crippen LogP contribution in [0.5, 0.6) is 11.5 Å². The number of methoxy groups -OCH3 is 2. The van der Waals surface area contributed by atoms with Gasteiger partial charge < -0.3 is 14.5 Å². The van der Waals surface area contributed by atoms with Crippen molar-refractivity contribution in [1.82, 2.24) is 30.1 Å². The number of H-pyrrole nitrogens is 1. The molecule has 3 heterocycles. The number of hydrogen-bond acceptors (Lipinski definition) is 7. The van der Waals surface area contributed by atoms with Gasteiger partial charge in [-0.1, -0.05) is 43.2 Å². The number of pyridine rings is 1. The molecule has 1 atom stereocenters. The molecule has 5 rings (SSSR count). The van der Waals surface area contributed by atoms with E-state index in [1.54, 1.807) is 20.3 Å². The molecule has 0 saturated carbocycles. The van der Waals surface area contributed by atoms with Crippen LogP contribution in [0.2, 0.25) is 0 Å². The molecule has 0 spiro atoms. The Morgan fingerprint density at radius 1 is 0.971 bits per heavy atom. The average Bonchev–Trinajstić information content (AvgIpc) is 3.15. The smallest absolute Gasteiger partial charge is 0.253 e. The number of ether oxygens (including phenoxy) is 2. The van der Waals surface area contributed by atoms with Gasteiger partial charge in [0.05, 0.1) is 26.3 Å². The standard InChI is InChI=1S/C26H30N6O3/c1-34-22-15-19-14-20(26(33)27-21(19)16-23(22)35-2)24(31-12-8-3-4-9-13-31)25-28-29-30-32(25)17-18-10-6-5-7-11-18/h5-7,10-11,14-16,24H,3-4,8-9,12-13,17H2,1-2H3,(H,27,33). The van der Waals surface area contributed by atoms with Gasteiger partial charge in [0, 0.05) is 17.0 Å². The maximum Gasteiger partial charge on any atom is 0.253 e. The minimum Gasteiger partial charge on any atom is -0.493 e. The lowest BCUT2D eigenvalue weighted by atomic mass is 10.0. The van der Waals surface area contributed by atoms with Crippen LogP contribution in [0.3, 0.4) is 0 Å². The van der Waals surface area contributed by atoms with Crippen LogP contribution in [0, 0.1) is 0 Å². The molecule has 1 N–H and O–H groups in total. The number of fused-ring (bicyclic) bond motifs is 1. The zero-order valence-corrected chi connectivity index (χ0v) is 20.1. The van der Waals surface area contributed by atoms with Crippen LogP contribution in [0.25, 0.3) is 10.9 Å². The predicted molar refractivity (Wildman–Crippen MR) is 133 cm³/mol. The van der Waals surface area contributed by atoms with Crippen LogP contribution in [0.4, 0.5) is 0 Å². The van der Waals surface area contributed by atoms with Crippen LogP contribution < -0.4 is 15.0 Å². The summed E-state index contributed by atoms with van der Waals surface area (Å²) in [5, 5.41) is 13.6. The van der Waals surface area contributed by atoms with E-state index in [0.29, 0.717) is 34.9 Å². The summed E-state index contributed by atoms with van der Waals surface area (Å²) in [6.45, 7) is 2.29. The Hall–Kier alpha value is -3.72. The van der Waals surface area contributed by atoms with Crippen molar-refractivity contribution in [2.24, 2.45) is 0 Å². The lowest BCUT2D eigenvalue weighted by molar-refractivity contribution is 0.220. The Morgan fingerprint density at radius 3 is 2.40 bits per heavy atom. The molecular formula is C26H30N6O3. The minimum atomic E-state index is -0.368. The van der Waals surface area contributed by atoms with Crippen LogP contribution in [0.15, 0.2) is 53.3 Å². The second-order valence-electron chi connectivity index (χ2n) is 8.88. The first-order valence-corrected chi connectivity index (χ1v) is 12.0. The summed E-state index contributed by atoms with van der Waals surface area (Å²) in [5.74, 6) is 1.85. The van der Waals surface area contributed by atoms with Gasteiger partial charge >= 0.3 is 0 Å². The summed E-state index contributed by atoms with van der Waals surface area (Å²) in [6.07, 6.45) is 4.52. The van der Waals surface area contributed by atoms with E-state index in [0.717, 1.165) is 36.9 Å². The number of hydrogen-bond donors (Lipinski definition) is 1. The molecule has 0 aliphatic carbocycles. The quantitative estimate of drug-likeness (QED) is 0.437. The van der Waals surface area contributed by atoms with Gasteiger partial charge in [0.25, 0.3) is 5.56 Å². The van der Waals surface area contributed by atoms with E-state index in [-0.39, 0.29) is 11.6 Å². The average molecular weight is 475 g/mol. The van der Waals surface area contributed by atoms with Gasteiger partial charge in [-0.05, 0) is 54.1 Å². The lowest BCUT2D eigenvalue weighted by Gasteiger charge is -2.29.